The fraction of sp³-hybridized carbons (Fsp3) is 0.192. The van der Waals surface area contributed by atoms with E-state index in [4.69, 9.17) is 14.2 Å². The van der Waals surface area contributed by atoms with Crippen molar-refractivity contribution in [1.29, 1.82) is 0 Å². The summed E-state index contributed by atoms with van der Waals surface area (Å²) in [5.41, 5.74) is 1.28. The Hall–Kier alpha value is -4.33. The highest BCUT2D eigenvalue weighted by molar-refractivity contribution is 6.11. The molecule has 0 fully saturated rings. The average Bonchev–Trinajstić information content (AvgIpc) is 2.86. The second-order valence-corrected chi connectivity index (χ2v) is 7.54. The molecule has 0 saturated heterocycles. The van der Waals surface area contributed by atoms with Crippen LogP contribution in [0.1, 0.15) is 17.3 Å². The number of amides is 2. The van der Waals surface area contributed by atoms with Crippen LogP contribution in [0.2, 0.25) is 0 Å². The summed E-state index contributed by atoms with van der Waals surface area (Å²) in [7, 11) is 0. The van der Waals surface area contributed by atoms with Gasteiger partial charge >= 0.3 is 5.97 Å². The number of esters is 1. The molecule has 174 valence electrons. The van der Waals surface area contributed by atoms with Crippen LogP contribution in [0.15, 0.2) is 78.9 Å². The van der Waals surface area contributed by atoms with Gasteiger partial charge < -0.3 is 19.5 Å². The second-order valence-electron chi connectivity index (χ2n) is 7.54. The molecule has 1 unspecified atom stereocenters. The largest absolute Gasteiger partial charge is 0.490 e. The maximum atomic E-state index is 13.0. The Morgan fingerprint density at radius 2 is 1.59 bits per heavy atom. The van der Waals surface area contributed by atoms with Crippen LogP contribution in [0, 0.1) is 0 Å². The first kappa shape index (κ1) is 22.8. The first-order valence-corrected chi connectivity index (χ1v) is 10.8. The molecule has 2 amide bonds. The molecule has 1 N–H and O–H groups in total. The van der Waals surface area contributed by atoms with Gasteiger partial charge in [0.25, 0.3) is 5.91 Å². The molecular weight excluding hydrogens is 436 g/mol. The minimum Gasteiger partial charge on any atom is -0.490 e. The number of rotatable bonds is 8. The Kier molecular flexibility index (Phi) is 7.07. The van der Waals surface area contributed by atoms with E-state index in [0.717, 1.165) is 5.75 Å². The molecule has 0 bridgehead atoms. The summed E-state index contributed by atoms with van der Waals surface area (Å²) in [4.78, 5) is 39.2. The standard InChI is InChI=1S/C26H24N2O6/c1-18(25(30)28-17-24(29)27-21-12-6-7-13-22(21)28)34-26(31)20-11-5-8-14-23(20)33-16-15-32-19-9-3-2-4-10-19/h2-14,18H,15-17H2,1H3,(H,27,29). The summed E-state index contributed by atoms with van der Waals surface area (Å²) in [6.45, 7) is 1.83. The molecule has 1 heterocycles. The van der Waals surface area contributed by atoms with Crippen molar-refractivity contribution in [3.63, 3.8) is 0 Å². The highest BCUT2D eigenvalue weighted by Crippen LogP contribution is 2.30. The van der Waals surface area contributed by atoms with E-state index in [0.29, 0.717) is 23.7 Å². The summed E-state index contributed by atoms with van der Waals surface area (Å²) in [6, 6.07) is 22.9. The fourth-order valence-electron chi connectivity index (χ4n) is 3.51. The summed E-state index contributed by atoms with van der Waals surface area (Å²) in [5.74, 6) is -0.465. The Morgan fingerprint density at radius 3 is 2.41 bits per heavy atom. The monoisotopic (exact) mass is 460 g/mol. The lowest BCUT2D eigenvalue weighted by Gasteiger charge is -2.30. The average molecular weight is 460 g/mol. The van der Waals surface area contributed by atoms with E-state index >= 15 is 0 Å². The summed E-state index contributed by atoms with van der Waals surface area (Å²) < 4.78 is 16.8. The summed E-state index contributed by atoms with van der Waals surface area (Å²) in [5, 5.41) is 2.73. The van der Waals surface area contributed by atoms with E-state index in [2.05, 4.69) is 5.32 Å². The molecule has 8 nitrogen and oxygen atoms in total. The number of anilines is 2. The van der Waals surface area contributed by atoms with Crippen LogP contribution in [-0.4, -0.2) is 43.6 Å². The van der Waals surface area contributed by atoms with Gasteiger partial charge in [-0.3, -0.25) is 14.5 Å². The second kappa shape index (κ2) is 10.5. The third-order valence-corrected chi connectivity index (χ3v) is 5.13. The molecule has 1 aliphatic heterocycles. The van der Waals surface area contributed by atoms with E-state index in [-0.39, 0.29) is 24.6 Å². The number of carbonyl (C=O) groups excluding carboxylic acids is 3. The maximum Gasteiger partial charge on any atom is 0.342 e. The molecule has 0 radical (unpaired) electrons. The van der Waals surface area contributed by atoms with E-state index in [9.17, 15) is 14.4 Å². The Balaban J connectivity index is 1.38. The quantitative estimate of drug-likeness (QED) is 0.407. The smallest absolute Gasteiger partial charge is 0.342 e. The molecule has 0 saturated carbocycles. The van der Waals surface area contributed by atoms with Gasteiger partial charge in [-0.05, 0) is 43.3 Å². The Morgan fingerprint density at radius 1 is 0.912 bits per heavy atom. The third kappa shape index (κ3) is 5.35. The predicted molar refractivity (Wildman–Crippen MR) is 126 cm³/mol. The van der Waals surface area contributed by atoms with E-state index < -0.39 is 18.0 Å². The van der Waals surface area contributed by atoms with Crippen LogP contribution in [0.5, 0.6) is 11.5 Å². The van der Waals surface area contributed by atoms with Gasteiger partial charge in [0.2, 0.25) is 5.91 Å². The maximum absolute atomic E-state index is 13.0. The van der Waals surface area contributed by atoms with Gasteiger partial charge in [-0.25, -0.2) is 4.79 Å². The minimum absolute atomic E-state index is 0.154. The van der Waals surface area contributed by atoms with Crippen molar-refractivity contribution >= 4 is 29.2 Å². The van der Waals surface area contributed by atoms with Gasteiger partial charge in [0, 0.05) is 0 Å². The number of nitrogens with one attached hydrogen (secondary N) is 1. The van der Waals surface area contributed by atoms with Crippen molar-refractivity contribution in [3.8, 4) is 11.5 Å². The molecule has 4 rings (SSSR count). The van der Waals surface area contributed by atoms with Crippen LogP contribution < -0.4 is 19.7 Å². The van der Waals surface area contributed by atoms with Crippen LogP contribution in [-0.2, 0) is 14.3 Å². The zero-order chi connectivity index (χ0) is 23.9. The van der Waals surface area contributed by atoms with Crippen molar-refractivity contribution in [2.75, 3.05) is 30.0 Å². The first-order valence-electron chi connectivity index (χ1n) is 10.8. The molecule has 3 aromatic carbocycles. The normalized spacial score (nSPS) is 13.3. The van der Waals surface area contributed by atoms with Crippen molar-refractivity contribution in [3.05, 3.63) is 84.4 Å². The third-order valence-electron chi connectivity index (χ3n) is 5.13. The van der Waals surface area contributed by atoms with Gasteiger partial charge in [0.05, 0.1) is 11.4 Å². The highest BCUT2D eigenvalue weighted by Gasteiger charge is 2.31. The summed E-state index contributed by atoms with van der Waals surface area (Å²) >= 11 is 0. The molecule has 0 spiro atoms. The molecule has 0 aliphatic carbocycles. The predicted octanol–water partition coefficient (Wildman–Crippen LogP) is 3.68. The number of carbonyl (C=O) groups is 3. The first-order chi connectivity index (χ1) is 16.5. The topological polar surface area (TPSA) is 94.2 Å². The van der Waals surface area contributed by atoms with Crippen molar-refractivity contribution in [2.45, 2.75) is 13.0 Å². The number of para-hydroxylation sites is 4. The molecule has 1 atom stereocenters. The van der Waals surface area contributed by atoms with E-state index in [1.165, 1.54) is 11.8 Å². The number of hydrogen-bond donors (Lipinski definition) is 1. The summed E-state index contributed by atoms with van der Waals surface area (Å²) in [6.07, 6.45) is -1.11. The number of hydrogen-bond acceptors (Lipinski definition) is 6. The lowest BCUT2D eigenvalue weighted by Crippen LogP contribution is -2.47. The molecular formula is C26H24N2O6. The van der Waals surface area contributed by atoms with Crippen LogP contribution in [0.4, 0.5) is 11.4 Å². The lowest BCUT2D eigenvalue weighted by molar-refractivity contribution is -0.128. The Bertz CT molecular complexity index is 1180. The molecule has 0 aromatic heterocycles. The van der Waals surface area contributed by atoms with Crippen molar-refractivity contribution < 1.29 is 28.6 Å². The molecule has 34 heavy (non-hydrogen) atoms. The van der Waals surface area contributed by atoms with Crippen LogP contribution >= 0.6 is 0 Å². The van der Waals surface area contributed by atoms with Gasteiger partial charge in [-0.1, -0.05) is 42.5 Å². The van der Waals surface area contributed by atoms with Crippen molar-refractivity contribution in [2.24, 2.45) is 0 Å². The lowest BCUT2D eigenvalue weighted by atomic mass is 10.1. The molecule has 8 heteroatoms. The van der Waals surface area contributed by atoms with E-state index in [1.807, 2.05) is 30.3 Å². The zero-order valence-electron chi connectivity index (χ0n) is 18.6. The van der Waals surface area contributed by atoms with Gasteiger partial charge in [0.1, 0.15) is 36.8 Å². The van der Waals surface area contributed by atoms with Gasteiger partial charge in [-0.2, -0.15) is 0 Å². The highest BCUT2D eigenvalue weighted by atomic mass is 16.6. The number of ether oxygens (including phenoxy) is 3. The number of benzene rings is 3. The Labute approximate surface area is 197 Å². The van der Waals surface area contributed by atoms with Gasteiger partial charge in [-0.15, -0.1) is 0 Å². The fourth-order valence-corrected chi connectivity index (χ4v) is 3.51. The minimum atomic E-state index is -1.11. The van der Waals surface area contributed by atoms with Crippen LogP contribution in [0.25, 0.3) is 0 Å². The van der Waals surface area contributed by atoms with E-state index in [1.54, 1.807) is 48.5 Å². The number of nitrogens with zero attached hydrogens (tertiary/aromatic N) is 1. The van der Waals surface area contributed by atoms with Crippen LogP contribution in [0.3, 0.4) is 0 Å². The van der Waals surface area contributed by atoms with Crippen molar-refractivity contribution in [1.82, 2.24) is 0 Å². The van der Waals surface area contributed by atoms with Gasteiger partial charge in [0.15, 0.2) is 6.10 Å². The number of fused-ring (bicyclic) bond motifs is 1. The molecule has 1 aliphatic rings. The molecule has 3 aromatic rings. The SMILES string of the molecule is CC(OC(=O)c1ccccc1OCCOc1ccccc1)C(=O)N1CC(=O)Nc2ccccc21. The zero-order valence-corrected chi connectivity index (χ0v) is 18.6.